The second-order valence-corrected chi connectivity index (χ2v) is 9.00. The second-order valence-electron chi connectivity index (χ2n) is 9.00. The normalized spacial score (nSPS) is 13.8. The number of aryl methyl sites for hydroxylation is 1. The van der Waals surface area contributed by atoms with Gasteiger partial charge in [-0.15, -0.1) is 0 Å². The molecule has 5 aromatic rings. The molecule has 2 aromatic heterocycles. The summed E-state index contributed by atoms with van der Waals surface area (Å²) in [6.07, 6.45) is 0.802. The summed E-state index contributed by atoms with van der Waals surface area (Å²) >= 11 is 0. The average Bonchev–Trinajstić information content (AvgIpc) is 3.55. The third-order valence-electron chi connectivity index (χ3n) is 6.72. The van der Waals surface area contributed by atoms with Gasteiger partial charge in [0.1, 0.15) is 12.4 Å². The van der Waals surface area contributed by atoms with Crippen LogP contribution in [0, 0.1) is 0 Å². The smallest absolute Gasteiger partial charge is 0.348 e. The summed E-state index contributed by atoms with van der Waals surface area (Å²) in [5.74, 6) is 1.09. The Morgan fingerprint density at radius 3 is 2.46 bits per heavy atom. The van der Waals surface area contributed by atoms with Crippen LogP contribution in [-0.2, 0) is 17.8 Å². The van der Waals surface area contributed by atoms with E-state index in [2.05, 4.69) is 32.2 Å². The predicted molar refractivity (Wildman–Crippen MR) is 142 cm³/mol. The summed E-state index contributed by atoms with van der Waals surface area (Å²) in [6.45, 7) is 5.59. The van der Waals surface area contributed by atoms with Crippen molar-refractivity contribution in [2.45, 2.75) is 20.0 Å². The van der Waals surface area contributed by atoms with Crippen molar-refractivity contribution in [3.8, 4) is 22.8 Å². The van der Waals surface area contributed by atoms with Crippen LogP contribution in [0.2, 0.25) is 0 Å². The highest BCUT2D eigenvalue weighted by Crippen LogP contribution is 2.35. The van der Waals surface area contributed by atoms with Crippen LogP contribution >= 0.6 is 0 Å². The number of rotatable bonds is 7. The van der Waals surface area contributed by atoms with Crippen LogP contribution in [-0.4, -0.2) is 51.3 Å². The Labute approximate surface area is 213 Å². The Morgan fingerprint density at radius 2 is 1.70 bits per heavy atom. The molecule has 6 rings (SSSR count). The lowest BCUT2D eigenvalue weighted by molar-refractivity contribution is 0.122. The molecular weight excluding hydrogens is 468 g/mol. The van der Waals surface area contributed by atoms with Gasteiger partial charge < -0.3 is 14.4 Å². The summed E-state index contributed by atoms with van der Waals surface area (Å²) in [7, 11) is 0. The van der Waals surface area contributed by atoms with Gasteiger partial charge in [-0.25, -0.2) is 14.5 Å². The Balaban J connectivity index is 1.42. The number of morpholine rings is 1. The van der Waals surface area contributed by atoms with Gasteiger partial charge in [-0.2, -0.15) is 10.2 Å². The number of fused-ring (bicyclic) bond motifs is 1. The molecule has 2 N–H and O–H groups in total. The molecule has 0 radical (unpaired) electrons. The number of aromatic nitrogens is 5. The highest BCUT2D eigenvalue weighted by molar-refractivity contribution is 5.89. The molecular formula is C28H28N6O3. The molecule has 0 spiro atoms. The topological polar surface area (TPSA) is 101 Å². The molecule has 1 aliphatic heterocycles. The molecule has 0 aliphatic carbocycles. The van der Waals surface area contributed by atoms with E-state index in [1.54, 1.807) is 4.57 Å². The molecule has 188 valence electrons. The summed E-state index contributed by atoms with van der Waals surface area (Å²) in [4.78, 5) is 15.3. The zero-order chi connectivity index (χ0) is 25.2. The Hall–Kier alpha value is -4.37. The Kier molecular flexibility index (Phi) is 6.20. The summed E-state index contributed by atoms with van der Waals surface area (Å²) < 4.78 is 13.3. The Morgan fingerprint density at radius 1 is 0.946 bits per heavy atom. The number of hydrogen-bond acceptors (Lipinski definition) is 6. The van der Waals surface area contributed by atoms with E-state index in [1.807, 2.05) is 66.7 Å². The van der Waals surface area contributed by atoms with Crippen molar-refractivity contribution in [3.63, 3.8) is 0 Å². The molecule has 0 saturated carbocycles. The highest BCUT2D eigenvalue weighted by Gasteiger charge is 2.20. The minimum atomic E-state index is -0.314. The van der Waals surface area contributed by atoms with Crippen molar-refractivity contribution in [1.29, 1.82) is 0 Å². The first-order valence-electron chi connectivity index (χ1n) is 12.5. The number of aromatic amines is 2. The van der Waals surface area contributed by atoms with Crippen LogP contribution in [0.3, 0.4) is 0 Å². The van der Waals surface area contributed by atoms with Gasteiger partial charge in [0.05, 0.1) is 30.0 Å². The van der Waals surface area contributed by atoms with Crippen molar-refractivity contribution in [3.05, 3.63) is 88.5 Å². The maximum Gasteiger partial charge on any atom is 0.348 e. The fourth-order valence-corrected chi connectivity index (χ4v) is 4.74. The number of H-pyrrole nitrogens is 2. The lowest BCUT2D eigenvalue weighted by Gasteiger charge is -2.28. The molecule has 0 amide bonds. The van der Waals surface area contributed by atoms with E-state index >= 15 is 0 Å². The third kappa shape index (κ3) is 4.49. The Bertz CT molecular complexity index is 1560. The minimum Gasteiger partial charge on any atom is -0.488 e. The van der Waals surface area contributed by atoms with Gasteiger partial charge in [0, 0.05) is 35.9 Å². The summed E-state index contributed by atoms with van der Waals surface area (Å²) in [6, 6.07) is 21.9. The molecule has 1 saturated heterocycles. The van der Waals surface area contributed by atoms with E-state index in [0.29, 0.717) is 18.2 Å². The van der Waals surface area contributed by atoms with Gasteiger partial charge in [0.2, 0.25) is 0 Å². The molecule has 1 fully saturated rings. The van der Waals surface area contributed by atoms with E-state index in [4.69, 9.17) is 9.47 Å². The van der Waals surface area contributed by atoms with Crippen LogP contribution in [0.25, 0.3) is 28.0 Å². The number of anilines is 1. The first kappa shape index (κ1) is 23.1. The van der Waals surface area contributed by atoms with Gasteiger partial charge in [-0.3, -0.25) is 5.10 Å². The fourth-order valence-electron chi connectivity index (χ4n) is 4.74. The minimum absolute atomic E-state index is 0.314. The zero-order valence-corrected chi connectivity index (χ0v) is 20.6. The third-order valence-corrected chi connectivity index (χ3v) is 6.72. The lowest BCUT2D eigenvalue weighted by Crippen LogP contribution is -2.36. The van der Waals surface area contributed by atoms with Crippen LogP contribution in [0.5, 0.6) is 5.75 Å². The van der Waals surface area contributed by atoms with E-state index < -0.39 is 0 Å². The first-order valence-corrected chi connectivity index (χ1v) is 12.5. The molecule has 0 atom stereocenters. The van der Waals surface area contributed by atoms with Crippen molar-refractivity contribution < 1.29 is 9.47 Å². The van der Waals surface area contributed by atoms with Gasteiger partial charge in [-0.1, -0.05) is 37.3 Å². The average molecular weight is 497 g/mol. The van der Waals surface area contributed by atoms with E-state index in [-0.39, 0.29) is 5.69 Å². The number of nitrogens with one attached hydrogen (secondary N) is 2. The van der Waals surface area contributed by atoms with Crippen LogP contribution in [0.1, 0.15) is 18.2 Å². The second kappa shape index (κ2) is 9.94. The molecule has 0 bridgehead atoms. The predicted octanol–water partition coefficient (Wildman–Crippen LogP) is 4.08. The van der Waals surface area contributed by atoms with E-state index in [9.17, 15) is 4.79 Å². The van der Waals surface area contributed by atoms with Gasteiger partial charge >= 0.3 is 5.69 Å². The molecule has 3 aromatic carbocycles. The maximum atomic E-state index is 13.0. The number of hydrogen-bond donors (Lipinski definition) is 2. The monoisotopic (exact) mass is 496 g/mol. The van der Waals surface area contributed by atoms with Crippen LogP contribution in [0.4, 0.5) is 5.69 Å². The van der Waals surface area contributed by atoms with Crippen molar-refractivity contribution in [2.24, 2.45) is 0 Å². The quantitative estimate of drug-likeness (QED) is 0.352. The standard InChI is InChI=1S/C28H28N6O3/c1-2-24-22-16-23(26(17-25(22)30-29-24)37-18-19-6-4-3-5-7-19)27-31-32-28(35)34(27)21-10-8-20(9-11-21)33-12-14-36-15-13-33/h3-11,16-17H,2,12-15,18H2,1H3,(H,29,30)(H,32,35). The molecule has 1 aliphatic rings. The van der Waals surface area contributed by atoms with Crippen LogP contribution < -0.4 is 15.3 Å². The van der Waals surface area contributed by atoms with Crippen molar-refractivity contribution >= 4 is 16.6 Å². The number of nitrogens with zero attached hydrogens (tertiary/aromatic N) is 4. The number of benzene rings is 3. The first-order chi connectivity index (χ1) is 18.2. The van der Waals surface area contributed by atoms with Gasteiger partial charge in [0.15, 0.2) is 5.82 Å². The van der Waals surface area contributed by atoms with Crippen LogP contribution in [0.15, 0.2) is 71.5 Å². The summed E-state index contributed by atoms with van der Waals surface area (Å²) in [5.41, 5.74) is 5.10. The largest absolute Gasteiger partial charge is 0.488 e. The molecule has 0 unspecified atom stereocenters. The maximum absolute atomic E-state index is 13.0. The van der Waals surface area contributed by atoms with E-state index in [0.717, 1.165) is 71.8 Å². The molecule has 37 heavy (non-hydrogen) atoms. The van der Waals surface area contributed by atoms with Crippen molar-refractivity contribution in [1.82, 2.24) is 25.0 Å². The molecule has 9 nitrogen and oxygen atoms in total. The van der Waals surface area contributed by atoms with Gasteiger partial charge in [-0.05, 0) is 42.3 Å². The van der Waals surface area contributed by atoms with Gasteiger partial charge in [0.25, 0.3) is 0 Å². The van der Waals surface area contributed by atoms with Crippen molar-refractivity contribution in [2.75, 3.05) is 31.2 Å². The SMILES string of the molecule is CCc1[nH]nc2cc(OCc3ccccc3)c(-c3n[nH]c(=O)n3-c3ccc(N4CCOCC4)cc3)cc12. The fraction of sp³-hybridized carbons (Fsp3) is 0.250. The zero-order valence-electron chi connectivity index (χ0n) is 20.6. The van der Waals surface area contributed by atoms with E-state index in [1.165, 1.54) is 0 Å². The lowest BCUT2D eigenvalue weighted by atomic mass is 10.1. The molecule has 3 heterocycles. The highest BCUT2D eigenvalue weighted by atomic mass is 16.5. The summed E-state index contributed by atoms with van der Waals surface area (Å²) in [5, 5.41) is 15.6. The molecule has 9 heteroatoms. The number of ether oxygens (including phenoxy) is 2.